The van der Waals surface area contributed by atoms with Gasteiger partial charge in [-0.2, -0.15) is 0 Å². The van der Waals surface area contributed by atoms with E-state index in [1.54, 1.807) is 0 Å². The van der Waals surface area contributed by atoms with Crippen molar-refractivity contribution in [1.29, 1.82) is 0 Å². The number of imide groups is 1. The topological polar surface area (TPSA) is 82.6 Å². The summed E-state index contributed by atoms with van der Waals surface area (Å²) in [6.07, 6.45) is 1.45. The number of aromatic nitrogens is 1. The van der Waals surface area contributed by atoms with Crippen LogP contribution in [-0.4, -0.2) is 51.6 Å². The van der Waals surface area contributed by atoms with Crippen molar-refractivity contribution in [3.05, 3.63) is 76.5 Å². The van der Waals surface area contributed by atoms with Crippen molar-refractivity contribution in [1.82, 2.24) is 20.1 Å². The Morgan fingerprint density at radius 2 is 1.78 bits per heavy atom. The Morgan fingerprint density at radius 3 is 2.57 bits per heavy atom. The highest BCUT2D eigenvalue weighted by molar-refractivity contribution is 6.05. The lowest BCUT2D eigenvalue weighted by Crippen LogP contribution is -2.52. The lowest BCUT2D eigenvalue weighted by molar-refractivity contribution is -0.136. The zero-order valence-electron chi connectivity index (χ0n) is 20.2. The minimum absolute atomic E-state index is 0.0279. The van der Waals surface area contributed by atoms with Gasteiger partial charge in [-0.1, -0.05) is 24.3 Å². The van der Waals surface area contributed by atoms with Gasteiger partial charge in [0.2, 0.25) is 11.8 Å². The van der Waals surface area contributed by atoms with E-state index in [1.807, 2.05) is 30.3 Å². The van der Waals surface area contributed by atoms with Crippen LogP contribution in [0.15, 0.2) is 42.5 Å². The maximum atomic E-state index is 15.7. The Hall–Kier alpha value is -3.72. The molecule has 0 aliphatic carbocycles. The lowest BCUT2D eigenvalue weighted by Gasteiger charge is -2.32. The van der Waals surface area contributed by atoms with Crippen LogP contribution in [0.1, 0.15) is 58.8 Å². The first-order chi connectivity index (χ1) is 17.9. The summed E-state index contributed by atoms with van der Waals surface area (Å²) in [5, 5.41) is 3.31. The molecule has 3 aliphatic heterocycles. The summed E-state index contributed by atoms with van der Waals surface area (Å²) < 4.78 is 30.9. The first kappa shape index (κ1) is 23.7. The molecule has 1 N–H and O–H groups in total. The van der Waals surface area contributed by atoms with Gasteiger partial charge in [0, 0.05) is 29.5 Å². The van der Waals surface area contributed by atoms with E-state index in [9.17, 15) is 14.4 Å². The quantitative estimate of drug-likeness (QED) is 0.549. The molecule has 0 spiro atoms. The molecule has 0 saturated carbocycles. The molecule has 190 valence electrons. The van der Waals surface area contributed by atoms with Crippen molar-refractivity contribution in [2.45, 2.75) is 50.7 Å². The van der Waals surface area contributed by atoms with Crippen LogP contribution in [0.2, 0.25) is 0 Å². The molecule has 2 saturated heterocycles. The van der Waals surface area contributed by atoms with Crippen LogP contribution in [0.25, 0.3) is 10.9 Å². The fourth-order valence-corrected chi connectivity index (χ4v) is 5.83. The van der Waals surface area contributed by atoms with Crippen LogP contribution >= 0.6 is 0 Å². The lowest BCUT2D eigenvalue weighted by atomic mass is 9.86. The van der Waals surface area contributed by atoms with E-state index in [0.717, 1.165) is 22.7 Å². The highest BCUT2D eigenvalue weighted by atomic mass is 19.1. The van der Waals surface area contributed by atoms with E-state index in [0.29, 0.717) is 32.5 Å². The van der Waals surface area contributed by atoms with Crippen LogP contribution in [-0.2, 0) is 22.7 Å². The summed E-state index contributed by atoms with van der Waals surface area (Å²) in [4.78, 5) is 44.9. The van der Waals surface area contributed by atoms with Gasteiger partial charge in [0.05, 0.1) is 23.3 Å². The van der Waals surface area contributed by atoms with Crippen LogP contribution < -0.4 is 5.32 Å². The fourth-order valence-electron chi connectivity index (χ4n) is 5.83. The van der Waals surface area contributed by atoms with Crippen LogP contribution in [0.3, 0.4) is 0 Å². The number of nitrogens with one attached hydrogen (secondary N) is 1. The first-order valence-corrected chi connectivity index (χ1v) is 12.6. The largest absolute Gasteiger partial charge is 0.322 e. The monoisotopic (exact) mass is 504 g/mol. The maximum absolute atomic E-state index is 15.7. The molecule has 0 radical (unpaired) electrons. The van der Waals surface area contributed by atoms with Crippen molar-refractivity contribution in [3.63, 3.8) is 0 Å². The van der Waals surface area contributed by atoms with Gasteiger partial charge >= 0.3 is 0 Å². The molecule has 3 aliphatic rings. The van der Waals surface area contributed by atoms with Crippen LogP contribution in [0.5, 0.6) is 0 Å². The normalized spacial score (nSPS) is 21.0. The van der Waals surface area contributed by atoms with Crippen molar-refractivity contribution in [2.75, 3.05) is 13.1 Å². The van der Waals surface area contributed by atoms with Gasteiger partial charge in [0.1, 0.15) is 17.7 Å². The smallest absolute Gasteiger partial charge is 0.255 e. The number of benzene rings is 2. The van der Waals surface area contributed by atoms with Gasteiger partial charge in [-0.15, -0.1) is 0 Å². The second-order valence-electron chi connectivity index (χ2n) is 10.1. The predicted octanol–water partition coefficient (Wildman–Crippen LogP) is 3.65. The van der Waals surface area contributed by atoms with Crippen LogP contribution in [0, 0.1) is 11.6 Å². The molecule has 1 atom stereocenters. The minimum Gasteiger partial charge on any atom is -0.322 e. The molecule has 3 aromatic rings. The molecular formula is C28H26F2N4O3. The molecule has 1 unspecified atom stereocenters. The van der Waals surface area contributed by atoms with E-state index >= 15 is 8.78 Å². The molecule has 7 nitrogen and oxygen atoms in total. The highest BCUT2D eigenvalue weighted by Gasteiger charge is 2.42. The van der Waals surface area contributed by atoms with E-state index in [-0.39, 0.29) is 42.0 Å². The van der Waals surface area contributed by atoms with Gasteiger partial charge in [-0.25, -0.2) is 8.78 Å². The van der Waals surface area contributed by atoms with Gasteiger partial charge in [-0.3, -0.25) is 29.6 Å². The van der Waals surface area contributed by atoms with E-state index in [4.69, 9.17) is 4.98 Å². The number of hydrogen-bond donors (Lipinski definition) is 1. The van der Waals surface area contributed by atoms with Crippen LogP contribution in [0.4, 0.5) is 8.78 Å². The standard InChI is InChI=1S/C28H26F2N4O3/c29-21-13-19-20(15-34(28(19)37)23-7-8-24(35)32-27(23)36)26(30)25(21)17-9-11-33(12-10-17)14-18-6-5-16-3-1-2-4-22(16)31-18/h1-6,13,17,23H,7-12,14-15H2,(H,32,35,36). The fraction of sp³-hybridized carbons (Fsp3) is 0.357. The summed E-state index contributed by atoms with van der Waals surface area (Å²) >= 11 is 0. The molecule has 9 heteroatoms. The molecule has 1 aromatic heterocycles. The number of para-hydroxylation sites is 1. The van der Waals surface area contributed by atoms with E-state index in [1.165, 1.54) is 4.90 Å². The number of rotatable bonds is 4. The number of amides is 3. The zero-order chi connectivity index (χ0) is 25.7. The number of piperidine rings is 2. The molecule has 6 rings (SSSR count). The Balaban J connectivity index is 1.16. The molecule has 4 heterocycles. The number of nitrogens with zero attached hydrogens (tertiary/aromatic N) is 3. The average Bonchev–Trinajstić information content (AvgIpc) is 3.21. The number of halogens is 2. The van der Waals surface area contributed by atoms with Gasteiger partial charge < -0.3 is 4.90 Å². The SMILES string of the molecule is O=C1CCC(N2Cc3c(cc(F)c(C4CCN(Cc5ccc6ccccc6n5)CC4)c3F)C2=O)C(=O)N1. The summed E-state index contributed by atoms with van der Waals surface area (Å²) in [5.74, 6) is -3.26. The predicted molar refractivity (Wildman–Crippen MR) is 131 cm³/mol. The average molecular weight is 505 g/mol. The summed E-state index contributed by atoms with van der Waals surface area (Å²) in [7, 11) is 0. The third-order valence-corrected chi connectivity index (χ3v) is 7.80. The van der Waals surface area contributed by atoms with Gasteiger partial charge in [0.15, 0.2) is 0 Å². The zero-order valence-corrected chi connectivity index (χ0v) is 20.2. The third kappa shape index (κ3) is 4.27. The number of pyridine rings is 1. The maximum Gasteiger partial charge on any atom is 0.255 e. The Bertz CT molecular complexity index is 1430. The summed E-state index contributed by atoms with van der Waals surface area (Å²) in [5.41, 5.74) is 2.02. The highest BCUT2D eigenvalue weighted by Crippen LogP contribution is 2.38. The van der Waals surface area contributed by atoms with Gasteiger partial charge in [-0.05, 0) is 56.5 Å². The number of carbonyl (C=O) groups is 3. The number of carbonyl (C=O) groups excluding carboxylic acids is 3. The summed E-state index contributed by atoms with van der Waals surface area (Å²) in [6.45, 7) is 1.92. The second kappa shape index (κ2) is 9.30. The molecule has 2 fully saturated rings. The van der Waals surface area contributed by atoms with Crippen molar-refractivity contribution in [3.8, 4) is 0 Å². The van der Waals surface area contributed by atoms with E-state index in [2.05, 4.69) is 16.3 Å². The Kier molecular flexibility index (Phi) is 5.95. The number of hydrogen-bond acceptors (Lipinski definition) is 5. The molecular weight excluding hydrogens is 478 g/mol. The minimum atomic E-state index is -0.865. The van der Waals surface area contributed by atoms with Crippen molar-refractivity contribution < 1.29 is 23.2 Å². The van der Waals surface area contributed by atoms with E-state index < -0.39 is 35.4 Å². The number of likely N-dealkylation sites (tertiary alicyclic amines) is 1. The van der Waals surface area contributed by atoms with Crippen molar-refractivity contribution in [2.24, 2.45) is 0 Å². The van der Waals surface area contributed by atoms with Crippen molar-refractivity contribution >= 4 is 28.6 Å². The number of fused-ring (bicyclic) bond motifs is 2. The molecule has 37 heavy (non-hydrogen) atoms. The summed E-state index contributed by atoms with van der Waals surface area (Å²) in [6, 6.07) is 12.3. The second-order valence-corrected chi connectivity index (χ2v) is 10.1. The Labute approximate surface area is 212 Å². The molecule has 2 aromatic carbocycles. The first-order valence-electron chi connectivity index (χ1n) is 12.6. The molecule has 0 bridgehead atoms. The Morgan fingerprint density at radius 1 is 1.00 bits per heavy atom. The molecule has 3 amide bonds. The van der Waals surface area contributed by atoms with Gasteiger partial charge in [0.25, 0.3) is 5.91 Å². The third-order valence-electron chi connectivity index (χ3n) is 7.80.